The molecule has 0 spiro atoms. The fourth-order valence-electron chi connectivity index (χ4n) is 2.80. The van der Waals surface area contributed by atoms with Crippen LogP contribution in [0.5, 0.6) is 5.75 Å². The second-order valence-electron chi connectivity index (χ2n) is 7.06. The number of rotatable bonds is 10. The summed E-state index contributed by atoms with van der Waals surface area (Å²) in [5.41, 5.74) is 4.96. The van der Waals surface area contributed by atoms with Gasteiger partial charge in [0.1, 0.15) is 29.2 Å². The topological polar surface area (TPSA) is 97.1 Å². The van der Waals surface area contributed by atoms with Gasteiger partial charge in [0.25, 0.3) is 0 Å². The Kier molecular flexibility index (Phi) is 7.45. The molecule has 0 fully saturated rings. The lowest BCUT2D eigenvalue weighted by atomic mass is 10.1. The van der Waals surface area contributed by atoms with Crippen molar-refractivity contribution in [1.82, 2.24) is 10.6 Å². The van der Waals surface area contributed by atoms with Crippen LogP contribution in [0.1, 0.15) is 29.5 Å². The number of aromatic nitrogens is 1. The van der Waals surface area contributed by atoms with Crippen LogP contribution in [-0.2, 0) is 4.84 Å². The molecule has 2 N–H and O–H groups in total. The molecule has 32 heavy (non-hydrogen) atoms. The van der Waals surface area contributed by atoms with E-state index in [4.69, 9.17) is 14.1 Å². The number of aromatic carboxylic acids is 1. The summed E-state index contributed by atoms with van der Waals surface area (Å²) < 4.78 is 24.3. The van der Waals surface area contributed by atoms with Crippen molar-refractivity contribution in [2.45, 2.75) is 13.3 Å². The average Bonchev–Trinajstić information content (AvgIpc) is 3.26. The number of nitrogens with one attached hydrogen (secondary N) is 1. The van der Waals surface area contributed by atoms with Crippen LogP contribution in [0.2, 0.25) is 0 Å². The van der Waals surface area contributed by atoms with E-state index in [1.54, 1.807) is 49.3 Å². The summed E-state index contributed by atoms with van der Waals surface area (Å²) >= 11 is 0. The van der Waals surface area contributed by atoms with Crippen molar-refractivity contribution < 1.29 is 28.4 Å². The van der Waals surface area contributed by atoms with Crippen LogP contribution in [0.4, 0.5) is 10.1 Å². The normalized spacial score (nSPS) is 11.3. The number of anilines is 1. The minimum atomic E-state index is -1.06. The van der Waals surface area contributed by atoms with E-state index in [0.29, 0.717) is 40.8 Å². The second-order valence-corrected chi connectivity index (χ2v) is 7.06. The Morgan fingerprint density at radius 2 is 1.97 bits per heavy atom. The Morgan fingerprint density at radius 3 is 2.62 bits per heavy atom. The summed E-state index contributed by atoms with van der Waals surface area (Å²) in [6.07, 6.45) is 2.13. The largest absolute Gasteiger partial charge is 0.478 e. The molecule has 0 aliphatic carbocycles. The number of hydrogen-bond donors (Lipinski definition) is 2. The number of hydroxylamine groups is 1. The first-order valence-corrected chi connectivity index (χ1v) is 9.91. The smallest absolute Gasteiger partial charge is 0.337 e. The van der Waals surface area contributed by atoms with Gasteiger partial charge >= 0.3 is 5.97 Å². The second kappa shape index (κ2) is 10.5. The molecule has 0 radical (unpaired) electrons. The third kappa shape index (κ3) is 5.64. The van der Waals surface area contributed by atoms with Crippen LogP contribution >= 0.6 is 0 Å². The van der Waals surface area contributed by atoms with Crippen LogP contribution in [-0.4, -0.2) is 36.9 Å². The fraction of sp³-hybridized carbons (Fsp3) is 0.217. The van der Waals surface area contributed by atoms with Crippen molar-refractivity contribution >= 4 is 17.4 Å². The van der Waals surface area contributed by atoms with Gasteiger partial charge in [0, 0.05) is 25.7 Å². The number of hydrogen-bond acceptors (Lipinski definition) is 7. The standard InChI is InChI=1S/C23H24FN3O5/c1-4-11-31-25-20(22-13-19(26-32-22)15-5-7-16(24)8-6-15)14-30-17-9-10-21(27(2)3)18(12-17)23(28)29/h5-10,12-14,25H,4,11H2,1-3H3,(H,28,29). The predicted molar refractivity (Wildman–Crippen MR) is 118 cm³/mol. The molecule has 0 aliphatic rings. The number of carboxylic acid groups (broad SMARTS) is 1. The first kappa shape index (κ1) is 22.8. The van der Waals surface area contributed by atoms with Crippen molar-refractivity contribution in [2.75, 3.05) is 25.6 Å². The monoisotopic (exact) mass is 441 g/mol. The summed E-state index contributed by atoms with van der Waals surface area (Å²) in [7, 11) is 3.52. The number of halogens is 1. The van der Waals surface area contributed by atoms with Crippen LogP contribution in [0.25, 0.3) is 17.0 Å². The minimum absolute atomic E-state index is 0.107. The highest BCUT2D eigenvalue weighted by atomic mass is 19.1. The van der Waals surface area contributed by atoms with Gasteiger partial charge in [0.05, 0.1) is 17.9 Å². The molecule has 2 aromatic carbocycles. The molecule has 8 nitrogen and oxygen atoms in total. The molecule has 3 aromatic rings. The minimum Gasteiger partial charge on any atom is -0.478 e. The maximum Gasteiger partial charge on any atom is 0.337 e. The van der Waals surface area contributed by atoms with Crippen molar-refractivity contribution in [2.24, 2.45) is 0 Å². The first-order chi connectivity index (χ1) is 15.4. The summed E-state index contributed by atoms with van der Waals surface area (Å²) in [5, 5.41) is 13.5. The zero-order valence-corrected chi connectivity index (χ0v) is 18.0. The van der Waals surface area contributed by atoms with Crippen LogP contribution in [0.15, 0.2) is 59.3 Å². The number of nitrogens with zero attached hydrogens (tertiary/aromatic N) is 2. The first-order valence-electron chi connectivity index (χ1n) is 9.91. The van der Waals surface area contributed by atoms with Gasteiger partial charge < -0.3 is 19.3 Å². The van der Waals surface area contributed by atoms with Crippen LogP contribution in [0, 0.1) is 5.82 Å². The highest BCUT2D eigenvalue weighted by Crippen LogP contribution is 2.26. The summed E-state index contributed by atoms with van der Waals surface area (Å²) in [5.74, 6) is -0.765. The Balaban J connectivity index is 1.87. The molecule has 0 amide bonds. The van der Waals surface area contributed by atoms with E-state index in [1.807, 2.05) is 6.92 Å². The van der Waals surface area contributed by atoms with E-state index in [-0.39, 0.29) is 11.4 Å². The third-order valence-electron chi connectivity index (χ3n) is 4.40. The van der Waals surface area contributed by atoms with Gasteiger partial charge in [0.2, 0.25) is 0 Å². The van der Waals surface area contributed by atoms with E-state index >= 15 is 0 Å². The SMILES string of the molecule is CCCONC(=COc1ccc(N(C)C)c(C(=O)O)c1)c1cc(-c2ccc(F)cc2)no1. The van der Waals surface area contributed by atoms with Crippen LogP contribution < -0.4 is 15.1 Å². The van der Waals surface area contributed by atoms with E-state index in [9.17, 15) is 14.3 Å². The molecule has 0 saturated carbocycles. The van der Waals surface area contributed by atoms with Crippen molar-refractivity contribution in [3.05, 3.63) is 71.9 Å². The van der Waals surface area contributed by atoms with Crippen molar-refractivity contribution in [3.63, 3.8) is 0 Å². The lowest BCUT2D eigenvalue weighted by Gasteiger charge is -2.16. The third-order valence-corrected chi connectivity index (χ3v) is 4.40. The lowest BCUT2D eigenvalue weighted by Crippen LogP contribution is -2.15. The molecule has 1 aromatic heterocycles. The Morgan fingerprint density at radius 1 is 1.22 bits per heavy atom. The van der Waals surface area contributed by atoms with Crippen molar-refractivity contribution in [1.29, 1.82) is 0 Å². The molecule has 1 heterocycles. The summed E-state index contributed by atoms with van der Waals surface area (Å²) in [6, 6.07) is 12.3. The molecule has 0 unspecified atom stereocenters. The van der Waals surface area contributed by atoms with E-state index in [1.165, 1.54) is 24.5 Å². The Hall–Kier alpha value is -3.85. The molecular formula is C23H24FN3O5. The molecule has 9 heteroatoms. The van der Waals surface area contributed by atoms with Gasteiger partial charge in [-0.25, -0.2) is 9.18 Å². The Bertz CT molecular complexity index is 1090. The van der Waals surface area contributed by atoms with E-state index < -0.39 is 5.97 Å². The molecule has 0 aliphatic heterocycles. The van der Waals surface area contributed by atoms with Gasteiger partial charge in [-0.3, -0.25) is 10.3 Å². The van der Waals surface area contributed by atoms with Gasteiger partial charge in [-0.2, -0.15) is 0 Å². The number of benzene rings is 2. The van der Waals surface area contributed by atoms with Gasteiger partial charge in [-0.05, 0) is 48.9 Å². The Labute approximate surface area is 184 Å². The average molecular weight is 441 g/mol. The highest BCUT2D eigenvalue weighted by molar-refractivity contribution is 5.95. The van der Waals surface area contributed by atoms with Gasteiger partial charge in [-0.1, -0.05) is 12.1 Å². The maximum atomic E-state index is 13.2. The molecule has 0 bridgehead atoms. The zero-order chi connectivity index (χ0) is 23.1. The maximum absolute atomic E-state index is 13.2. The molecular weight excluding hydrogens is 417 g/mol. The summed E-state index contributed by atoms with van der Waals surface area (Å²) in [6.45, 7) is 2.40. The van der Waals surface area contributed by atoms with Gasteiger partial charge in [-0.15, -0.1) is 0 Å². The number of carboxylic acids is 1. The quantitative estimate of drug-likeness (QED) is 0.269. The molecule has 0 saturated heterocycles. The zero-order valence-electron chi connectivity index (χ0n) is 18.0. The van der Waals surface area contributed by atoms with E-state index in [0.717, 1.165) is 6.42 Å². The van der Waals surface area contributed by atoms with Crippen LogP contribution in [0.3, 0.4) is 0 Å². The summed E-state index contributed by atoms with van der Waals surface area (Å²) in [4.78, 5) is 18.7. The lowest BCUT2D eigenvalue weighted by molar-refractivity contribution is 0.0697. The highest BCUT2D eigenvalue weighted by Gasteiger charge is 2.15. The number of ether oxygens (including phenoxy) is 1. The van der Waals surface area contributed by atoms with E-state index in [2.05, 4.69) is 10.6 Å². The molecule has 168 valence electrons. The fourth-order valence-corrected chi connectivity index (χ4v) is 2.80. The molecule has 3 rings (SSSR count). The molecule has 0 atom stereocenters. The van der Waals surface area contributed by atoms with Crippen molar-refractivity contribution in [3.8, 4) is 17.0 Å². The van der Waals surface area contributed by atoms with Gasteiger partial charge in [0.15, 0.2) is 5.76 Å². The predicted octanol–water partition coefficient (Wildman–Crippen LogP) is 4.55. The number of carbonyl (C=O) groups is 1.